The van der Waals surface area contributed by atoms with Gasteiger partial charge in [0.05, 0.1) is 12.0 Å². The number of fused-ring (bicyclic) bond motifs is 1. The third kappa shape index (κ3) is 3.36. The molecule has 1 aliphatic rings. The van der Waals surface area contributed by atoms with E-state index in [9.17, 15) is 15.0 Å². The quantitative estimate of drug-likeness (QED) is 0.903. The van der Waals surface area contributed by atoms with Crippen molar-refractivity contribution in [2.45, 2.75) is 18.9 Å². The van der Waals surface area contributed by atoms with Gasteiger partial charge in [-0.05, 0) is 49.8 Å². The van der Waals surface area contributed by atoms with Gasteiger partial charge in [0.2, 0.25) is 0 Å². The Labute approximate surface area is 141 Å². The van der Waals surface area contributed by atoms with Gasteiger partial charge in [-0.1, -0.05) is 12.1 Å². The number of ketones is 1. The van der Waals surface area contributed by atoms with Crippen LogP contribution in [0.15, 0.2) is 36.4 Å². The molecule has 2 N–H and O–H groups in total. The molecular weight excluding hydrogens is 306 g/mol. The van der Waals surface area contributed by atoms with E-state index in [4.69, 9.17) is 4.74 Å². The number of carbonyl (C=O) groups excluding carboxylic acids is 1. The van der Waals surface area contributed by atoms with Crippen LogP contribution in [0.5, 0.6) is 17.2 Å². The number of ether oxygens (including phenoxy) is 1. The van der Waals surface area contributed by atoms with Crippen molar-refractivity contribution in [1.82, 2.24) is 4.90 Å². The summed E-state index contributed by atoms with van der Waals surface area (Å²) < 4.78 is 5.92. The fraction of sp³-hybridized carbons (Fsp3) is 0.316. The highest BCUT2D eigenvalue weighted by molar-refractivity contribution is 6.00. The molecule has 0 fully saturated rings. The van der Waals surface area contributed by atoms with Crippen LogP contribution in [0.25, 0.3) is 0 Å². The summed E-state index contributed by atoms with van der Waals surface area (Å²) in [7, 11) is 3.93. The number of phenolic OH excluding ortho intramolecular Hbond substituents is 2. The smallest absolute Gasteiger partial charge is 0.170 e. The Morgan fingerprint density at radius 2 is 1.88 bits per heavy atom. The van der Waals surface area contributed by atoms with E-state index in [1.807, 2.05) is 19.0 Å². The van der Waals surface area contributed by atoms with Crippen molar-refractivity contribution in [1.29, 1.82) is 0 Å². The molecule has 1 atom stereocenters. The van der Waals surface area contributed by atoms with E-state index in [0.717, 1.165) is 17.7 Å². The molecule has 2 aromatic carbocycles. The molecule has 1 heterocycles. The molecule has 0 unspecified atom stereocenters. The van der Waals surface area contributed by atoms with Gasteiger partial charge in [0, 0.05) is 12.6 Å². The molecule has 5 nitrogen and oxygen atoms in total. The van der Waals surface area contributed by atoms with Crippen LogP contribution in [0.1, 0.15) is 34.0 Å². The highest BCUT2D eigenvalue weighted by Crippen LogP contribution is 2.38. The number of benzene rings is 2. The number of phenols is 2. The van der Waals surface area contributed by atoms with Gasteiger partial charge in [0.1, 0.15) is 23.4 Å². The zero-order valence-corrected chi connectivity index (χ0v) is 13.8. The van der Waals surface area contributed by atoms with E-state index in [2.05, 4.69) is 0 Å². The summed E-state index contributed by atoms with van der Waals surface area (Å²) >= 11 is 0. The molecule has 0 saturated carbocycles. The molecule has 0 amide bonds. The number of Topliss-reactive ketones (excluding diaryl/α,β-unsaturated/α-hetero) is 1. The van der Waals surface area contributed by atoms with Gasteiger partial charge in [-0.3, -0.25) is 4.79 Å². The molecular formula is C19H21NO4. The van der Waals surface area contributed by atoms with Gasteiger partial charge in [0.15, 0.2) is 5.78 Å². The SMILES string of the molecule is CN(C)CCc1cc2c(cc1O)O[C@H](c1ccc(O)cc1)CC2=O. The molecule has 0 saturated heterocycles. The van der Waals surface area contributed by atoms with E-state index in [-0.39, 0.29) is 23.7 Å². The molecule has 0 aromatic heterocycles. The zero-order valence-electron chi connectivity index (χ0n) is 13.8. The van der Waals surface area contributed by atoms with Gasteiger partial charge in [-0.15, -0.1) is 0 Å². The van der Waals surface area contributed by atoms with Crippen molar-refractivity contribution >= 4 is 5.78 Å². The Balaban J connectivity index is 1.87. The van der Waals surface area contributed by atoms with E-state index in [1.54, 1.807) is 30.3 Å². The van der Waals surface area contributed by atoms with E-state index < -0.39 is 6.10 Å². The van der Waals surface area contributed by atoms with Crippen molar-refractivity contribution in [2.24, 2.45) is 0 Å². The number of rotatable bonds is 4. The molecule has 0 bridgehead atoms. The zero-order chi connectivity index (χ0) is 17.3. The van der Waals surface area contributed by atoms with Crippen LogP contribution in [-0.2, 0) is 6.42 Å². The summed E-state index contributed by atoms with van der Waals surface area (Å²) in [5, 5.41) is 19.6. The number of hydrogen-bond acceptors (Lipinski definition) is 5. The van der Waals surface area contributed by atoms with Gasteiger partial charge < -0.3 is 19.8 Å². The lowest BCUT2D eigenvalue weighted by molar-refractivity contribution is 0.0849. The molecule has 0 spiro atoms. The van der Waals surface area contributed by atoms with E-state index in [0.29, 0.717) is 17.7 Å². The van der Waals surface area contributed by atoms with Gasteiger partial charge in [-0.2, -0.15) is 0 Å². The summed E-state index contributed by atoms with van der Waals surface area (Å²) in [6, 6.07) is 9.89. The summed E-state index contributed by atoms with van der Waals surface area (Å²) in [6.45, 7) is 0.789. The minimum Gasteiger partial charge on any atom is -0.508 e. The summed E-state index contributed by atoms with van der Waals surface area (Å²) in [4.78, 5) is 14.5. The Hall–Kier alpha value is -2.53. The molecule has 126 valence electrons. The standard InChI is InChI=1S/C19H21NO4/c1-20(2)8-7-13-9-15-17(23)11-18(24-19(15)10-16(13)22)12-3-5-14(21)6-4-12/h3-6,9-10,18,21-22H,7-8,11H2,1-2H3/t18-/m0/s1. The van der Waals surface area contributed by atoms with Crippen LogP contribution >= 0.6 is 0 Å². The maximum Gasteiger partial charge on any atom is 0.170 e. The summed E-state index contributed by atoms with van der Waals surface area (Å²) in [5.74, 6) is 0.732. The summed E-state index contributed by atoms with van der Waals surface area (Å²) in [6.07, 6.45) is 0.508. The topological polar surface area (TPSA) is 70.0 Å². The highest BCUT2D eigenvalue weighted by Gasteiger charge is 2.29. The number of likely N-dealkylation sites (N-methyl/N-ethyl adjacent to an activating group) is 1. The average molecular weight is 327 g/mol. The highest BCUT2D eigenvalue weighted by atomic mass is 16.5. The van der Waals surface area contributed by atoms with Gasteiger partial charge in [-0.25, -0.2) is 0 Å². The van der Waals surface area contributed by atoms with Gasteiger partial charge >= 0.3 is 0 Å². The van der Waals surface area contributed by atoms with Crippen LogP contribution in [-0.4, -0.2) is 41.5 Å². The van der Waals surface area contributed by atoms with Crippen molar-refractivity contribution in [3.05, 3.63) is 53.1 Å². The Bertz CT molecular complexity index is 753. The molecule has 1 aliphatic heterocycles. The average Bonchev–Trinajstić information content (AvgIpc) is 2.53. The Kier molecular flexibility index (Phi) is 4.44. The number of carbonyl (C=O) groups is 1. The lowest BCUT2D eigenvalue weighted by Crippen LogP contribution is -2.21. The lowest BCUT2D eigenvalue weighted by Gasteiger charge is -2.26. The first kappa shape index (κ1) is 16.3. The monoisotopic (exact) mass is 327 g/mol. The van der Waals surface area contributed by atoms with Crippen LogP contribution in [0, 0.1) is 0 Å². The third-order valence-corrected chi connectivity index (χ3v) is 4.21. The van der Waals surface area contributed by atoms with E-state index >= 15 is 0 Å². The molecule has 0 aliphatic carbocycles. The minimum atomic E-state index is -0.405. The first-order chi connectivity index (χ1) is 11.4. The Morgan fingerprint density at radius 1 is 1.17 bits per heavy atom. The number of hydrogen-bond donors (Lipinski definition) is 2. The van der Waals surface area contributed by atoms with E-state index in [1.165, 1.54) is 6.07 Å². The second-order valence-corrected chi connectivity index (χ2v) is 6.36. The minimum absolute atomic E-state index is 0.000396. The predicted molar refractivity (Wildman–Crippen MR) is 90.8 cm³/mol. The molecule has 0 radical (unpaired) electrons. The number of aromatic hydroxyl groups is 2. The first-order valence-corrected chi connectivity index (χ1v) is 7.93. The normalized spacial score (nSPS) is 16.8. The fourth-order valence-electron chi connectivity index (χ4n) is 2.82. The van der Waals surface area contributed by atoms with Crippen LogP contribution in [0.3, 0.4) is 0 Å². The molecule has 2 aromatic rings. The second kappa shape index (κ2) is 6.53. The summed E-state index contributed by atoms with van der Waals surface area (Å²) in [5.41, 5.74) is 2.10. The first-order valence-electron chi connectivity index (χ1n) is 7.93. The van der Waals surface area contributed by atoms with Crippen LogP contribution in [0.2, 0.25) is 0 Å². The van der Waals surface area contributed by atoms with Crippen molar-refractivity contribution in [2.75, 3.05) is 20.6 Å². The fourth-order valence-corrected chi connectivity index (χ4v) is 2.82. The largest absolute Gasteiger partial charge is 0.508 e. The maximum atomic E-state index is 12.5. The maximum absolute atomic E-state index is 12.5. The molecule has 5 heteroatoms. The lowest BCUT2D eigenvalue weighted by atomic mass is 9.94. The second-order valence-electron chi connectivity index (χ2n) is 6.36. The van der Waals surface area contributed by atoms with Gasteiger partial charge in [0.25, 0.3) is 0 Å². The van der Waals surface area contributed by atoms with Crippen LogP contribution in [0.4, 0.5) is 0 Å². The number of nitrogens with zero attached hydrogens (tertiary/aromatic N) is 1. The van der Waals surface area contributed by atoms with Crippen molar-refractivity contribution in [3.63, 3.8) is 0 Å². The predicted octanol–water partition coefficient (Wildman–Crippen LogP) is 2.91. The van der Waals surface area contributed by atoms with Crippen molar-refractivity contribution < 1.29 is 19.7 Å². The Morgan fingerprint density at radius 3 is 2.54 bits per heavy atom. The molecule has 24 heavy (non-hydrogen) atoms. The third-order valence-electron chi connectivity index (χ3n) is 4.21. The molecule has 3 rings (SSSR count). The van der Waals surface area contributed by atoms with Crippen molar-refractivity contribution in [3.8, 4) is 17.2 Å². The van der Waals surface area contributed by atoms with Crippen LogP contribution < -0.4 is 4.74 Å².